The lowest BCUT2D eigenvalue weighted by Crippen LogP contribution is -2.58. The second kappa shape index (κ2) is 6.85. The first-order valence-electron chi connectivity index (χ1n) is 7.27. The van der Waals surface area contributed by atoms with Crippen LogP contribution in [0.1, 0.15) is 13.8 Å². The van der Waals surface area contributed by atoms with E-state index in [1.807, 2.05) is 25.9 Å². The third-order valence-corrected chi connectivity index (χ3v) is 5.50. The molecule has 0 spiro atoms. The Hall–Kier alpha value is -0.990. The largest absolute Gasteiger partial charge is 0.480 e. The van der Waals surface area contributed by atoms with Gasteiger partial charge in [0.05, 0.1) is 5.37 Å². The Bertz CT molecular complexity index is 399. The Morgan fingerprint density at radius 1 is 1.24 bits per heavy atom. The average molecular weight is 316 g/mol. The van der Waals surface area contributed by atoms with E-state index in [9.17, 15) is 14.7 Å². The van der Waals surface area contributed by atoms with Gasteiger partial charge in [-0.25, -0.2) is 14.6 Å². The number of carboxylic acid groups (broad SMARTS) is 1. The van der Waals surface area contributed by atoms with Crippen molar-refractivity contribution in [1.29, 1.82) is 0 Å². The first kappa shape index (κ1) is 16.4. The van der Waals surface area contributed by atoms with Gasteiger partial charge in [-0.15, -0.1) is 11.8 Å². The third-order valence-electron chi connectivity index (χ3n) is 3.88. The number of piperazine rings is 1. The highest BCUT2D eigenvalue weighted by Gasteiger charge is 2.43. The van der Waals surface area contributed by atoms with E-state index in [1.165, 1.54) is 4.90 Å². The molecule has 7 nitrogen and oxygen atoms in total. The molecule has 0 aromatic carbocycles. The van der Waals surface area contributed by atoms with Crippen molar-refractivity contribution in [3.8, 4) is 0 Å². The fourth-order valence-corrected chi connectivity index (χ4v) is 4.07. The van der Waals surface area contributed by atoms with Crippen molar-refractivity contribution < 1.29 is 14.7 Å². The molecule has 0 bridgehead atoms. The predicted octanol–water partition coefficient (Wildman–Crippen LogP) is 0.343. The molecule has 2 aliphatic heterocycles. The van der Waals surface area contributed by atoms with E-state index in [2.05, 4.69) is 10.3 Å². The number of nitrogens with zero attached hydrogens (tertiary/aromatic N) is 3. The van der Waals surface area contributed by atoms with Crippen molar-refractivity contribution >= 4 is 23.8 Å². The zero-order chi connectivity index (χ0) is 15.6. The first-order chi connectivity index (χ1) is 9.90. The second-order valence-electron chi connectivity index (χ2n) is 5.94. The topological polar surface area (TPSA) is 76.1 Å². The predicted molar refractivity (Wildman–Crippen MR) is 81.9 cm³/mol. The van der Waals surface area contributed by atoms with Crippen LogP contribution in [0.5, 0.6) is 0 Å². The van der Waals surface area contributed by atoms with Gasteiger partial charge in [0.1, 0.15) is 6.04 Å². The number of hydrogen-bond donors (Lipinski definition) is 2. The normalized spacial score (nSPS) is 28.1. The van der Waals surface area contributed by atoms with Crippen molar-refractivity contribution in [2.75, 3.05) is 39.0 Å². The first-order valence-corrected chi connectivity index (χ1v) is 8.32. The molecule has 0 saturated carbocycles. The van der Waals surface area contributed by atoms with Crippen LogP contribution in [0.2, 0.25) is 0 Å². The van der Waals surface area contributed by atoms with E-state index in [0.717, 1.165) is 26.2 Å². The standard InChI is InChI=1S/C13H24N4O3S/c1-9(2)11-17(10(8-21-11)12(18)19)13(20)14-16-6-4-15(3)5-7-16/h9-11H,4-8H2,1-3H3,(H,14,20)(H,18,19). The molecule has 21 heavy (non-hydrogen) atoms. The van der Waals surface area contributed by atoms with Crippen LogP contribution in [0.4, 0.5) is 4.79 Å². The van der Waals surface area contributed by atoms with E-state index in [0.29, 0.717) is 5.75 Å². The Labute approximate surface area is 129 Å². The summed E-state index contributed by atoms with van der Waals surface area (Å²) in [5.41, 5.74) is 2.87. The van der Waals surface area contributed by atoms with Gasteiger partial charge in [-0.2, -0.15) is 0 Å². The summed E-state index contributed by atoms with van der Waals surface area (Å²) in [7, 11) is 2.05. The van der Waals surface area contributed by atoms with Crippen LogP contribution >= 0.6 is 11.8 Å². The number of urea groups is 1. The van der Waals surface area contributed by atoms with E-state index in [4.69, 9.17) is 0 Å². The van der Waals surface area contributed by atoms with Crippen molar-refractivity contribution in [2.24, 2.45) is 5.92 Å². The van der Waals surface area contributed by atoms with Crippen LogP contribution in [0.3, 0.4) is 0 Å². The number of thioether (sulfide) groups is 1. The minimum absolute atomic E-state index is 0.0847. The van der Waals surface area contributed by atoms with Gasteiger partial charge in [0.25, 0.3) is 0 Å². The number of likely N-dealkylation sites (N-methyl/N-ethyl adjacent to an activating group) is 1. The molecule has 0 radical (unpaired) electrons. The maximum Gasteiger partial charge on any atom is 0.333 e. The summed E-state index contributed by atoms with van der Waals surface area (Å²) in [6.45, 7) is 7.33. The summed E-state index contributed by atoms with van der Waals surface area (Å²) in [5.74, 6) is -0.259. The third kappa shape index (κ3) is 3.81. The molecule has 8 heteroatoms. The lowest BCUT2D eigenvalue weighted by Gasteiger charge is -2.36. The lowest BCUT2D eigenvalue weighted by atomic mass is 10.2. The summed E-state index contributed by atoms with van der Waals surface area (Å²) >= 11 is 1.54. The second-order valence-corrected chi connectivity index (χ2v) is 7.09. The summed E-state index contributed by atoms with van der Waals surface area (Å²) in [5, 5.41) is 11.1. The van der Waals surface area contributed by atoms with Gasteiger partial charge in [0, 0.05) is 31.9 Å². The molecule has 0 aliphatic carbocycles. The number of carbonyl (C=O) groups excluding carboxylic acids is 1. The van der Waals surface area contributed by atoms with Crippen molar-refractivity contribution in [2.45, 2.75) is 25.3 Å². The Morgan fingerprint density at radius 3 is 2.38 bits per heavy atom. The van der Waals surface area contributed by atoms with Gasteiger partial charge in [-0.3, -0.25) is 10.3 Å². The fraction of sp³-hybridized carbons (Fsp3) is 0.846. The molecule has 2 unspecified atom stereocenters. The number of nitrogens with one attached hydrogen (secondary N) is 1. The molecular formula is C13H24N4O3S. The highest BCUT2D eigenvalue weighted by atomic mass is 32.2. The molecule has 2 saturated heterocycles. The molecule has 2 atom stereocenters. The van der Waals surface area contributed by atoms with Gasteiger partial charge in [-0.05, 0) is 13.0 Å². The molecule has 2 aliphatic rings. The van der Waals surface area contributed by atoms with Gasteiger partial charge in [-0.1, -0.05) is 13.8 Å². The molecule has 2 fully saturated rings. The number of amides is 2. The lowest BCUT2D eigenvalue weighted by molar-refractivity contribution is -0.141. The minimum Gasteiger partial charge on any atom is -0.480 e. The molecule has 0 aromatic heterocycles. The summed E-state index contributed by atoms with van der Waals surface area (Å²) in [6, 6.07) is -1.04. The maximum atomic E-state index is 12.5. The van der Waals surface area contributed by atoms with Gasteiger partial charge < -0.3 is 10.0 Å². The van der Waals surface area contributed by atoms with Crippen LogP contribution in [-0.2, 0) is 4.79 Å². The molecule has 120 valence electrons. The van der Waals surface area contributed by atoms with Crippen molar-refractivity contribution in [3.05, 3.63) is 0 Å². The summed E-state index contributed by atoms with van der Waals surface area (Å²) in [6.07, 6.45) is 0. The van der Waals surface area contributed by atoms with Gasteiger partial charge in [0.2, 0.25) is 0 Å². The monoisotopic (exact) mass is 316 g/mol. The minimum atomic E-state index is -0.931. The van der Waals surface area contributed by atoms with Crippen molar-refractivity contribution in [3.63, 3.8) is 0 Å². The highest BCUT2D eigenvalue weighted by Crippen LogP contribution is 2.34. The molecule has 2 N–H and O–H groups in total. The van der Waals surface area contributed by atoms with E-state index < -0.39 is 12.0 Å². The van der Waals surface area contributed by atoms with E-state index in [1.54, 1.807) is 11.8 Å². The molecule has 0 aromatic rings. The van der Waals surface area contributed by atoms with E-state index in [-0.39, 0.29) is 17.3 Å². The zero-order valence-corrected chi connectivity index (χ0v) is 13.6. The van der Waals surface area contributed by atoms with Crippen LogP contribution in [0, 0.1) is 5.92 Å². The Balaban J connectivity index is 2.01. The highest BCUT2D eigenvalue weighted by molar-refractivity contribution is 8.00. The van der Waals surface area contributed by atoms with Crippen LogP contribution in [0.25, 0.3) is 0 Å². The fourth-order valence-electron chi connectivity index (χ4n) is 2.60. The maximum absolute atomic E-state index is 12.5. The number of hydrazine groups is 1. The van der Waals surface area contributed by atoms with Crippen LogP contribution < -0.4 is 5.43 Å². The number of hydrogen-bond acceptors (Lipinski definition) is 5. The number of rotatable bonds is 3. The van der Waals surface area contributed by atoms with Gasteiger partial charge >= 0.3 is 12.0 Å². The zero-order valence-electron chi connectivity index (χ0n) is 12.8. The summed E-state index contributed by atoms with van der Waals surface area (Å²) < 4.78 is 0. The Kier molecular flexibility index (Phi) is 5.34. The SMILES string of the molecule is CC(C)C1SCC(C(=O)O)N1C(=O)NN1CCN(C)CC1. The quantitative estimate of drug-likeness (QED) is 0.782. The van der Waals surface area contributed by atoms with E-state index >= 15 is 0 Å². The van der Waals surface area contributed by atoms with Gasteiger partial charge in [0.15, 0.2) is 0 Å². The molecule has 2 heterocycles. The number of carboxylic acids is 1. The Morgan fingerprint density at radius 2 is 1.86 bits per heavy atom. The number of carbonyl (C=O) groups is 2. The average Bonchev–Trinajstić information content (AvgIpc) is 2.86. The van der Waals surface area contributed by atoms with Crippen LogP contribution in [0.15, 0.2) is 0 Å². The summed E-state index contributed by atoms with van der Waals surface area (Å²) in [4.78, 5) is 27.6. The van der Waals surface area contributed by atoms with Crippen LogP contribution in [-0.4, -0.2) is 82.3 Å². The molecular weight excluding hydrogens is 292 g/mol. The number of aliphatic carboxylic acids is 1. The molecule has 2 amide bonds. The van der Waals surface area contributed by atoms with Crippen molar-refractivity contribution in [1.82, 2.24) is 20.2 Å². The smallest absolute Gasteiger partial charge is 0.333 e. The molecule has 2 rings (SSSR count).